The third-order valence-electron chi connectivity index (χ3n) is 6.09. The number of halogens is 1. The molecule has 3 aromatic carbocycles. The number of hydrogen-bond donors (Lipinski definition) is 1. The van der Waals surface area contributed by atoms with Crippen LogP contribution in [0.2, 0.25) is 5.02 Å². The van der Waals surface area contributed by atoms with Crippen molar-refractivity contribution in [3.8, 4) is 0 Å². The summed E-state index contributed by atoms with van der Waals surface area (Å²) in [5.74, 6) is 0.831. The Morgan fingerprint density at radius 1 is 0.944 bits per heavy atom. The van der Waals surface area contributed by atoms with Crippen LogP contribution in [0.15, 0.2) is 78.9 Å². The molecule has 190 valence electrons. The lowest BCUT2D eigenvalue weighted by molar-refractivity contribution is -0.139. The van der Waals surface area contributed by atoms with Crippen molar-refractivity contribution in [2.24, 2.45) is 0 Å². The van der Waals surface area contributed by atoms with Gasteiger partial charge in [-0.25, -0.2) is 0 Å². The summed E-state index contributed by atoms with van der Waals surface area (Å²) in [5, 5.41) is 3.71. The van der Waals surface area contributed by atoms with Crippen LogP contribution in [0.1, 0.15) is 42.5 Å². The maximum Gasteiger partial charge on any atom is 0.243 e. The molecule has 0 aliphatic rings. The monoisotopic (exact) mass is 522 g/mol. The van der Waals surface area contributed by atoms with Crippen molar-refractivity contribution in [1.29, 1.82) is 0 Å². The molecule has 0 aliphatic carbocycles. The van der Waals surface area contributed by atoms with Crippen molar-refractivity contribution in [2.45, 2.75) is 58.0 Å². The van der Waals surface area contributed by atoms with Crippen LogP contribution in [0.5, 0.6) is 0 Å². The van der Waals surface area contributed by atoms with Crippen molar-refractivity contribution in [3.63, 3.8) is 0 Å². The van der Waals surface area contributed by atoms with Gasteiger partial charge in [-0.05, 0) is 49.1 Å². The van der Waals surface area contributed by atoms with E-state index in [1.165, 1.54) is 11.1 Å². The number of carbonyl (C=O) groups is 2. The Bertz CT molecular complexity index is 1140. The zero-order valence-electron chi connectivity index (χ0n) is 21.2. The number of thioether (sulfide) groups is 1. The lowest BCUT2D eigenvalue weighted by Crippen LogP contribution is -2.52. The van der Waals surface area contributed by atoms with Gasteiger partial charge in [0.1, 0.15) is 6.04 Å². The number of amides is 2. The van der Waals surface area contributed by atoms with E-state index in [0.717, 1.165) is 23.3 Å². The summed E-state index contributed by atoms with van der Waals surface area (Å²) in [6.07, 6.45) is 1.26. The molecule has 0 spiro atoms. The Hall–Kier alpha value is -2.76. The molecule has 3 rings (SSSR count). The molecule has 2 amide bonds. The van der Waals surface area contributed by atoms with Gasteiger partial charge in [-0.15, -0.1) is 11.8 Å². The van der Waals surface area contributed by atoms with Crippen LogP contribution in [0, 0.1) is 6.92 Å². The quantitative estimate of drug-likeness (QED) is 0.298. The Morgan fingerprint density at radius 3 is 2.33 bits per heavy atom. The van der Waals surface area contributed by atoms with Crippen LogP contribution in [0.4, 0.5) is 0 Å². The molecular weight excluding hydrogens is 488 g/mol. The average molecular weight is 523 g/mol. The molecule has 4 nitrogen and oxygen atoms in total. The van der Waals surface area contributed by atoms with Crippen molar-refractivity contribution >= 4 is 35.2 Å². The molecule has 2 atom stereocenters. The molecule has 0 bridgehead atoms. The number of aryl methyl sites for hydroxylation is 1. The summed E-state index contributed by atoms with van der Waals surface area (Å²) >= 11 is 7.81. The Kier molecular flexibility index (Phi) is 10.9. The molecule has 0 saturated heterocycles. The first kappa shape index (κ1) is 27.8. The first-order valence-corrected chi connectivity index (χ1v) is 13.9. The van der Waals surface area contributed by atoms with Crippen molar-refractivity contribution in [2.75, 3.05) is 5.75 Å². The second-order valence-corrected chi connectivity index (χ2v) is 10.6. The minimum atomic E-state index is -0.632. The van der Waals surface area contributed by atoms with E-state index in [9.17, 15) is 9.59 Å². The summed E-state index contributed by atoms with van der Waals surface area (Å²) in [6.45, 7) is 6.40. The highest BCUT2D eigenvalue weighted by atomic mass is 35.5. The molecule has 0 heterocycles. The predicted octanol–water partition coefficient (Wildman–Crippen LogP) is 6.44. The minimum Gasteiger partial charge on any atom is -0.352 e. The van der Waals surface area contributed by atoms with Gasteiger partial charge >= 0.3 is 0 Å². The maximum atomic E-state index is 13.7. The van der Waals surface area contributed by atoms with E-state index in [2.05, 4.69) is 30.4 Å². The summed E-state index contributed by atoms with van der Waals surface area (Å²) in [7, 11) is 0. The van der Waals surface area contributed by atoms with Gasteiger partial charge < -0.3 is 10.2 Å². The first-order valence-electron chi connectivity index (χ1n) is 12.4. The van der Waals surface area contributed by atoms with E-state index < -0.39 is 6.04 Å². The average Bonchev–Trinajstić information content (AvgIpc) is 2.86. The van der Waals surface area contributed by atoms with Crippen molar-refractivity contribution in [3.05, 3.63) is 106 Å². The smallest absolute Gasteiger partial charge is 0.243 e. The van der Waals surface area contributed by atoms with Gasteiger partial charge in [0.15, 0.2) is 0 Å². The first-order chi connectivity index (χ1) is 17.4. The second kappa shape index (κ2) is 14.1. The van der Waals surface area contributed by atoms with Crippen molar-refractivity contribution in [1.82, 2.24) is 10.2 Å². The number of nitrogens with zero attached hydrogens (tertiary/aromatic N) is 1. The lowest BCUT2D eigenvalue weighted by Gasteiger charge is -2.32. The number of rotatable bonds is 12. The van der Waals surface area contributed by atoms with Gasteiger partial charge in [-0.1, -0.05) is 90.8 Å². The third-order valence-corrected chi connectivity index (χ3v) is 7.31. The van der Waals surface area contributed by atoms with Crippen LogP contribution < -0.4 is 5.32 Å². The summed E-state index contributed by atoms with van der Waals surface area (Å²) in [6, 6.07) is 25.1. The topological polar surface area (TPSA) is 49.4 Å². The predicted molar refractivity (Wildman–Crippen MR) is 151 cm³/mol. The van der Waals surface area contributed by atoms with E-state index in [1.807, 2.05) is 74.5 Å². The van der Waals surface area contributed by atoms with Gasteiger partial charge in [0.25, 0.3) is 0 Å². The molecule has 3 aromatic rings. The van der Waals surface area contributed by atoms with E-state index in [4.69, 9.17) is 11.6 Å². The maximum absolute atomic E-state index is 13.7. The van der Waals surface area contributed by atoms with Gasteiger partial charge in [0.2, 0.25) is 11.8 Å². The van der Waals surface area contributed by atoms with E-state index in [0.29, 0.717) is 18.0 Å². The number of hydrogen-bond acceptors (Lipinski definition) is 3. The fraction of sp³-hybridized carbons (Fsp3) is 0.333. The number of nitrogens with one attached hydrogen (secondary N) is 1. The molecule has 1 N–H and O–H groups in total. The molecule has 0 aliphatic heterocycles. The van der Waals surface area contributed by atoms with Gasteiger partial charge in [0, 0.05) is 29.8 Å². The van der Waals surface area contributed by atoms with Crippen LogP contribution in [0.25, 0.3) is 0 Å². The molecule has 0 unspecified atom stereocenters. The summed E-state index contributed by atoms with van der Waals surface area (Å²) < 4.78 is 0. The Labute approximate surface area is 224 Å². The third kappa shape index (κ3) is 8.72. The molecule has 0 radical (unpaired) electrons. The van der Waals surface area contributed by atoms with Crippen LogP contribution >= 0.6 is 23.4 Å². The largest absolute Gasteiger partial charge is 0.352 e. The normalized spacial score (nSPS) is 12.6. The van der Waals surface area contributed by atoms with E-state index in [1.54, 1.807) is 16.7 Å². The van der Waals surface area contributed by atoms with E-state index >= 15 is 0 Å². The molecule has 0 fully saturated rings. The summed E-state index contributed by atoms with van der Waals surface area (Å²) in [4.78, 5) is 28.9. The fourth-order valence-corrected chi connectivity index (χ4v) is 5.04. The number of carbonyl (C=O) groups excluding carboxylic acids is 2. The van der Waals surface area contributed by atoms with Gasteiger partial charge in [-0.2, -0.15) is 0 Å². The van der Waals surface area contributed by atoms with Gasteiger partial charge in [-0.3, -0.25) is 9.59 Å². The molecular formula is C30H35ClN2O2S. The van der Waals surface area contributed by atoms with Crippen LogP contribution in [-0.4, -0.2) is 34.6 Å². The highest BCUT2D eigenvalue weighted by molar-refractivity contribution is 7.99. The van der Waals surface area contributed by atoms with Gasteiger partial charge in [0.05, 0.1) is 5.75 Å². The van der Waals surface area contributed by atoms with Crippen molar-refractivity contribution < 1.29 is 9.59 Å². The Balaban J connectivity index is 1.85. The number of benzene rings is 3. The fourth-order valence-electron chi connectivity index (χ4n) is 3.97. The summed E-state index contributed by atoms with van der Waals surface area (Å²) in [5.41, 5.74) is 4.29. The van der Waals surface area contributed by atoms with Crippen LogP contribution in [-0.2, 0) is 28.3 Å². The highest BCUT2D eigenvalue weighted by Crippen LogP contribution is 2.20. The zero-order chi connectivity index (χ0) is 25.9. The second-order valence-electron chi connectivity index (χ2n) is 9.16. The SMILES string of the molecule is CC[C@@H](C)NC(=O)[C@H](Cc1ccccc1)N(Cc1cccc(Cl)c1)C(=O)CSCc1cccc(C)c1. The zero-order valence-corrected chi connectivity index (χ0v) is 22.8. The molecule has 6 heteroatoms. The standard InChI is InChI=1S/C30H35ClN2O2S/c1-4-23(3)32-30(35)28(18-24-11-6-5-7-12-24)33(19-25-13-9-15-27(31)17-25)29(34)21-36-20-26-14-8-10-22(2)16-26/h5-17,23,28H,4,18-21H2,1-3H3,(H,32,35)/t23-,28+/m1/s1. The van der Waals surface area contributed by atoms with E-state index in [-0.39, 0.29) is 23.6 Å². The highest BCUT2D eigenvalue weighted by Gasteiger charge is 2.30. The molecule has 0 saturated carbocycles. The minimum absolute atomic E-state index is 0.0228. The molecule has 0 aromatic heterocycles. The lowest BCUT2D eigenvalue weighted by atomic mass is 10.0. The van der Waals surface area contributed by atoms with Crippen LogP contribution in [0.3, 0.4) is 0 Å². The Morgan fingerprint density at radius 2 is 1.64 bits per heavy atom. The molecule has 36 heavy (non-hydrogen) atoms.